The lowest BCUT2D eigenvalue weighted by Crippen LogP contribution is -2.36. The summed E-state index contributed by atoms with van der Waals surface area (Å²) in [6.45, 7) is 10.9. The van der Waals surface area contributed by atoms with Crippen LogP contribution in [0.5, 0.6) is 0 Å². The summed E-state index contributed by atoms with van der Waals surface area (Å²) in [5.74, 6) is 0.460. The molecule has 1 amide bonds. The van der Waals surface area contributed by atoms with Crippen LogP contribution in [0, 0.1) is 0 Å². The fourth-order valence-corrected chi connectivity index (χ4v) is 2.97. The molecule has 1 saturated heterocycles. The smallest absolute Gasteiger partial charge is 0.410 e. The molecule has 1 aliphatic heterocycles. The molecule has 0 spiro atoms. The van der Waals surface area contributed by atoms with Gasteiger partial charge in [0.15, 0.2) is 0 Å². The zero-order chi connectivity index (χ0) is 15.6. The van der Waals surface area contributed by atoms with Gasteiger partial charge in [0.05, 0.1) is 6.04 Å². The molecule has 3 nitrogen and oxygen atoms in total. The van der Waals surface area contributed by atoms with Crippen molar-refractivity contribution in [1.82, 2.24) is 4.90 Å². The molecule has 2 rings (SSSR count). The molecule has 1 atom stereocenters. The number of ether oxygens (including phenoxy) is 1. The molecule has 1 fully saturated rings. The Morgan fingerprint density at radius 3 is 2.57 bits per heavy atom. The van der Waals surface area contributed by atoms with E-state index in [1.165, 1.54) is 11.1 Å². The lowest BCUT2D eigenvalue weighted by Gasteiger charge is -2.30. The van der Waals surface area contributed by atoms with E-state index >= 15 is 0 Å². The van der Waals surface area contributed by atoms with Gasteiger partial charge in [0.2, 0.25) is 0 Å². The van der Waals surface area contributed by atoms with Gasteiger partial charge in [-0.1, -0.05) is 38.1 Å². The molecule has 0 bridgehead atoms. The van der Waals surface area contributed by atoms with Crippen LogP contribution in [0.2, 0.25) is 0 Å². The van der Waals surface area contributed by atoms with E-state index < -0.39 is 5.60 Å². The zero-order valence-corrected chi connectivity index (χ0v) is 13.8. The first-order chi connectivity index (χ1) is 9.79. The minimum absolute atomic E-state index is 0.151. The largest absolute Gasteiger partial charge is 0.444 e. The van der Waals surface area contributed by atoms with E-state index in [-0.39, 0.29) is 12.1 Å². The van der Waals surface area contributed by atoms with Gasteiger partial charge in [-0.15, -0.1) is 0 Å². The molecular weight excluding hydrogens is 262 g/mol. The van der Waals surface area contributed by atoms with Crippen molar-refractivity contribution in [2.24, 2.45) is 0 Å². The maximum atomic E-state index is 12.4. The standard InChI is InChI=1S/C18H27NO2/c1-13(2)14-9-6-7-10-15(14)16-11-8-12-19(16)17(20)21-18(3,4)5/h6-7,9-10,13,16H,8,11-12H2,1-5H3/t16-/m0/s1. The normalized spacial score (nSPS) is 19.1. The molecule has 3 heteroatoms. The molecule has 1 heterocycles. The number of rotatable bonds is 2. The molecule has 0 aromatic heterocycles. The highest BCUT2D eigenvalue weighted by molar-refractivity contribution is 5.69. The molecule has 0 N–H and O–H groups in total. The predicted molar refractivity (Wildman–Crippen MR) is 85.4 cm³/mol. The van der Waals surface area contributed by atoms with Crippen LogP contribution in [0.15, 0.2) is 24.3 Å². The summed E-state index contributed by atoms with van der Waals surface area (Å²) >= 11 is 0. The van der Waals surface area contributed by atoms with E-state index in [1.807, 2.05) is 25.7 Å². The van der Waals surface area contributed by atoms with Crippen LogP contribution in [0.4, 0.5) is 4.79 Å². The SMILES string of the molecule is CC(C)c1ccccc1[C@@H]1CCCN1C(=O)OC(C)(C)C. The second-order valence-corrected chi connectivity index (χ2v) is 7.12. The third-order valence-corrected chi connectivity index (χ3v) is 3.86. The van der Waals surface area contributed by atoms with E-state index in [0.717, 1.165) is 19.4 Å². The van der Waals surface area contributed by atoms with E-state index in [2.05, 4.69) is 38.1 Å². The Morgan fingerprint density at radius 2 is 1.95 bits per heavy atom. The maximum Gasteiger partial charge on any atom is 0.410 e. The quantitative estimate of drug-likeness (QED) is 0.776. The Bertz CT molecular complexity index is 502. The topological polar surface area (TPSA) is 29.5 Å². The van der Waals surface area contributed by atoms with Crippen LogP contribution in [-0.2, 0) is 4.74 Å². The number of nitrogens with zero attached hydrogens (tertiary/aromatic N) is 1. The van der Waals surface area contributed by atoms with Gasteiger partial charge in [-0.05, 0) is 50.7 Å². The maximum absolute atomic E-state index is 12.4. The number of likely N-dealkylation sites (tertiary alicyclic amines) is 1. The summed E-state index contributed by atoms with van der Waals surface area (Å²) in [7, 11) is 0. The van der Waals surface area contributed by atoms with E-state index in [1.54, 1.807) is 0 Å². The highest BCUT2D eigenvalue weighted by Gasteiger charge is 2.34. The number of hydrogen-bond acceptors (Lipinski definition) is 2. The molecule has 0 aliphatic carbocycles. The summed E-state index contributed by atoms with van der Waals surface area (Å²) in [5.41, 5.74) is 2.16. The van der Waals surface area contributed by atoms with Crippen molar-refractivity contribution < 1.29 is 9.53 Å². The van der Waals surface area contributed by atoms with Gasteiger partial charge in [-0.2, -0.15) is 0 Å². The summed E-state index contributed by atoms with van der Waals surface area (Å²) in [6, 6.07) is 8.62. The Balaban J connectivity index is 2.25. The van der Waals surface area contributed by atoms with Gasteiger partial charge in [0.25, 0.3) is 0 Å². The summed E-state index contributed by atoms with van der Waals surface area (Å²) in [5, 5.41) is 0. The molecule has 1 aromatic carbocycles. The molecular formula is C18H27NO2. The van der Waals surface area contributed by atoms with Crippen molar-refractivity contribution in [3.63, 3.8) is 0 Å². The number of amides is 1. The molecule has 0 unspecified atom stereocenters. The van der Waals surface area contributed by atoms with Crippen LogP contribution < -0.4 is 0 Å². The van der Waals surface area contributed by atoms with Crippen molar-refractivity contribution in [2.75, 3.05) is 6.54 Å². The van der Waals surface area contributed by atoms with Crippen molar-refractivity contribution in [3.8, 4) is 0 Å². The van der Waals surface area contributed by atoms with Crippen LogP contribution in [0.25, 0.3) is 0 Å². The van der Waals surface area contributed by atoms with Crippen LogP contribution in [0.3, 0.4) is 0 Å². The number of carbonyl (C=O) groups excluding carboxylic acids is 1. The molecule has 116 valence electrons. The highest BCUT2D eigenvalue weighted by Crippen LogP contribution is 2.36. The van der Waals surface area contributed by atoms with Crippen molar-refractivity contribution in [1.29, 1.82) is 0 Å². The summed E-state index contributed by atoms with van der Waals surface area (Å²) < 4.78 is 5.56. The Morgan fingerprint density at radius 1 is 1.29 bits per heavy atom. The van der Waals surface area contributed by atoms with Gasteiger partial charge in [-0.25, -0.2) is 4.79 Å². The predicted octanol–water partition coefficient (Wildman–Crippen LogP) is 4.88. The Hall–Kier alpha value is -1.51. The van der Waals surface area contributed by atoms with E-state index in [4.69, 9.17) is 4.74 Å². The number of carbonyl (C=O) groups is 1. The highest BCUT2D eigenvalue weighted by atomic mass is 16.6. The van der Waals surface area contributed by atoms with Gasteiger partial charge in [0.1, 0.15) is 5.60 Å². The monoisotopic (exact) mass is 289 g/mol. The zero-order valence-electron chi connectivity index (χ0n) is 13.8. The fraction of sp³-hybridized carbons (Fsp3) is 0.611. The molecule has 0 radical (unpaired) electrons. The lowest BCUT2D eigenvalue weighted by molar-refractivity contribution is 0.0224. The molecule has 1 aliphatic rings. The second-order valence-electron chi connectivity index (χ2n) is 7.12. The fourth-order valence-electron chi connectivity index (χ4n) is 2.97. The number of hydrogen-bond donors (Lipinski definition) is 0. The second kappa shape index (κ2) is 6.08. The Labute approximate surface area is 128 Å². The third kappa shape index (κ3) is 3.78. The van der Waals surface area contributed by atoms with Crippen molar-refractivity contribution in [3.05, 3.63) is 35.4 Å². The van der Waals surface area contributed by atoms with Crippen LogP contribution in [-0.4, -0.2) is 23.1 Å². The van der Waals surface area contributed by atoms with E-state index in [0.29, 0.717) is 5.92 Å². The average molecular weight is 289 g/mol. The molecule has 21 heavy (non-hydrogen) atoms. The summed E-state index contributed by atoms with van der Waals surface area (Å²) in [6.07, 6.45) is 1.86. The first-order valence-corrected chi connectivity index (χ1v) is 7.88. The lowest BCUT2D eigenvalue weighted by atomic mass is 9.92. The Kier molecular flexibility index (Phi) is 4.60. The van der Waals surface area contributed by atoms with Crippen LogP contribution in [0.1, 0.15) is 70.5 Å². The summed E-state index contributed by atoms with van der Waals surface area (Å²) in [4.78, 5) is 14.3. The van der Waals surface area contributed by atoms with Crippen molar-refractivity contribution in [2.45, 2.75) is 65.0 Å². The van der Waals surface area contributed by atoms with Crippen molar-refractivity contribution >= 4 is 6.09 Å². The van der Waals surface area contributed by atoms with Gasteiger partial charge in [0, 0.05) is 6.54 Å². The van der Waals surface area contributed by atoms with Gasteiger partial charge < -0.3 is 9.64 Å². The van der Waals surface area contributed by atoms with Crippen LogP contribution >= 0.6 is 0 Å². The molecule has 0 saturated carbocycles. The average Bonchev–Trinajstić information content (AvgIpc) is 2.85. The van der Waals surface area contributed by atoms with Gasteiger partial charge >= 0.3 is 6.09 Å². The van der Waals surface area contributed by atoms with Gasteiger partial charge in [-0.3, -0.25) is 0 Å². The third-order valence-electron chi connectivity index (χ3n) is 3.86. The first-order valence-electron chi connectivity index (χ1n) is 7.88. The van der Waals surface area contributed by atoms with E-state index in [9.17, 15) is 4.79 Å². The number of benzene rings is 1. The molecule has 1 aromatic rings. The first kappa shape index (κ1) is 15.9. The minimum Gasteiger partial charge on any atom is -0.444 e. The minimum atomic E-state index is -0.443.